The second-order valence-corrected chi connectivity index (χ2v) is 1.40. The van der Waals surface area contributed by atoms with Crippen molar-refractivity contribution in [1.82, 2.24) is 5.06 Å². The molecule has 1 aliphatic heterocycles. The summed E-state index contributed by atoms with van der Waals surface area (Å²) in [5, 5.41) is -0.188. The fourth-order valence-corrected chi connectivity index (χ4v) is 0.411. The van der Waals surface area contributed by atoms with Crippen molar-refractivity contribution >= 4 is 0 Å². The molecule has 5 heteroatoms. The van der Waals surface area contributed by atoms with E-state index < -0.39 is 6.30 Å². The van der Waals surface area contributed by atoms with Crippen LogP contribution in [0.2, 0.25) is 0 Å². The Bertz CT molecular complexity index is 130. The molecule has 0 amide bonds. The van der Waals surface area contributed by atoms with Crippen LogP contribution in [0.5, 0.6) is 0 Å². The molecule has 0 unspecified atom stereocenters. The Morgan fingerprint density at radius 3 is 2.44 bits per heavy atom. The summed E-state index contributed by atoms with van der Waals surface area (Å²) in [6, 6.07) is 0. The van der Waals surface area contributed by atoms with Crippen molar-refractivity contribution in [1.29, 1.82) is 0 Å². The first kappa shape index (κ1) is 6.41. The minimum absolute atomic E-state index is 0.125. The molecule has 0 aromatic rings. The lowest BCUT2D eigenvalue weighted by atomic mass is 10.7. The maximum absolute atomic E-state index is 11.5. The number of hydrogen-bond donors (Lipinski definition) is 0. The van der Waals surface area contributed by atoms with Crippen molar-refractivity contribution in [2.24, 2.45) is 0 Å². The van der Waals surface area contributed by atoms with Crippen LogP contribution in [-0.4, -0.2) is 18.0 Å². The van der Waals surface area contributed by atoms with Crippen molar-refractivity contribution in [3.05, 3.63) is 12.3 Å². The Balaban J connectivity index is 2.53. The van der Waals surface area contributed by atoms with Gasteiger partial charge in [-0.05, 0) is 0 Å². The van der Waals surface area contributed by atoms with Crippen LogP contribution in [0.25, 0.3) is 0 Å². The Labute approximate surface area is 49.5 Å². The summed E-state index contributed by atoms with van der Waals surface area (Å²) in [7, 11) is 0. The molecule has 1 rings (SSSR count). The molecule has 1 heterocycles. The first-order valence-corrected chi connectivity index (χ1v) is 2.16. The lowest BCUT2D eigenvalue weighted by Gasteiger charge is -2.16. The van der Waals surface area contributed by atoms with E-state index >= 15 is 0 Å². The third kappa shape index (κ3) is 1.35. The second-order valence-electron chi connectivity index (χ2n) is 1.40. The first-order chi connectivity index (χ1) is 4.11. The molecule has 0 N–H and O–H groups in total. The Morgan fingerprint density at radius 1 is 1.56 bits per heavy atom. The first-order valence-electron chi connectivity index (χ1n) is 2.16. The molecule has 1 aliphatic rings. The van der Waals surface area contributed by atoms with Gasteiger partial charge in [-0.15, -0.1) is 13.2 Å². The van der Waals surface area contributed by atoms with Gasteiger partial charge in [0.05, 0.1) is 0 Å². The second kappa shape index (κ2) is 1.91. The SMILES string of the molecule is FC(F)(F)N1C=[C]CO1. The molecule has 0 saturated carbocycles. The van der Waals surface area contributed by atoms with Gasteiger partial charge in [-0.25, -0.2) is 0 Å². The van der Waals surface area contributed by atoms with Gasteiger partial charge in [-0.1, -0.05) is 0 Å². The smallest absolute Gasteiger partial charge is 0.262 e. The largest absolute Gasteiger partial charge is 0.507 e. The molecule has 0 fully saturated rings. The van der Waals surface area contributed by atoms with Crippen molar-refractivity contribution in [2.75, 3.05) is 6.61 Å². The van der Waals surface area contributed by atoms with Gasteiger partial charge in [0.2, 0.25) is 0 Å². The van der Waals surface area contributed by atoms with E-state index in [2.05, 4.69) is 10.9 Å². The highest BCUT2D eigenvalue weighted by atomic mass is 19.4. The van der Waals surface area contributed by atoms with Crippen LogP contribution < -0.4 is 0 Å². The third-order valence-corrected chi connectivity index (χ3v) is 0.745. The zero-order chi connectivity index (χ0) is 6.91. The summed E-state index contributed by atoms with van der Waals surface area (Å²) in [6.45, 7) is -0.125. The highest BCUT2D eigenvalue weighted by molar-refractivity contribution is 4.76. The molecular weight excluding hydrogens is 135 g/mol. The Morgan fingerprint density at radius 2 is 2.22 bits per heavy atom. The van der Waals surface area contributed by atoms with Crippen LogP contribution in [-0.2, 0) is 4.84 Å². The predicted molar refractivity (Wildman–Crippen MR) is 21.7 cm³/mol. The number of alkyl halides is 3. The van der Waals surface area contributed by atoms with E-state index in [1.807, 2.05) is 0 Å². The summed E-state index contributed by atoms with van der Waals surface area (Å²) < 4.78 is 34.5. The lowest BCUT2D eigenvalue weighted by molar-refractivity contribution is -0.337. The fraction of sp³-hybridized carbons (Fsp3) is 0.500. The molecule has 0 bridgehead atoms. The zero-order valence-corrected chi connectivity index (χ0v) is 4.27. The topological polar surface area (TPSA) is 12.5 Å². The molecule has 9 heavy (non-hydrogen) atoms. The monoisotopic (exact) mass is 138 g/mol. The minimum atomic E-state index is -4.43. The average molecular weight is 138 g/mol. The van der Waals surface area contributed by atoms with Crippen LogP contribution in [0.4, 0.5) is 13.2 Å². The van der Waals surface area contributed by atoms with E-state index in [9.17, 15) is 13.2 Å². The molecule has 0 aliphatic carbocycles. The zero-order valence-electron chi connectivity index (χ0n) is 4.27. The maximum atomic E-state index is 11.5. The highest BCUT2D eigenvalue weighted by Crippen LogP contribution is 2.23. The van der Waals surface area contributed by atoms with E-state index in [0.29, 0.717) is 0 Å². The highest BCUT2D eigenvalue weighted by Gasteiger charge is 2.37. The molecule has 0 spiro atoms. The summed E-state index contributed by atoms with van der Waals surface area (Å²) in [5.41, 5.74) is 0. The molecule has 51 valence electrons. The van der Waals surface area contributed by atoms with Gasteiger partial charge in [-0.2, -0.15) is 5.06 Å². The summed E-state index contributed by atoms with van der Waals surface area (Å²) >= 11 is 0. The van der Waals surface area contributed by atoms with Crippen molar-refractivity contribution < 1.29 is 18.0 Å². The van der Waals surface area contributed by atoms with E-state index in [4.69, 9.17) is 0 Å². The number of hydrogen-bond acceptors (Lipinski definition) is 2. The Kier molecular flexibility index (Phi) is 1.36. The predicted octanol–water partition coefficient (Wildman–Crippen LogP) is 1.07. The maximum Gasteiger partial charge on any atom is 0.507 e. The van der Waals surface area contributed by atoms with Crippen LogP contribution in [0.1, 0.15) is 0 Å². The molecular formula is C4H3F3NO. The van der Waals surface area contributed by atoms with Crippen molar-refractivity contribution in [3.8, 4) is 0 Å². The molecule has 2 nitrogen and oxygen atoms in total. The fourth-order valence-electron chi connectivity index (χ4n) is 0.411. The average Bonchev–Trinajstić information content (AvgIpc) is 2.08. The van der Waals surface area contributed by atoms with Crippen LogP contribution in [0.3, 0.4) is 0 Å². The lowest BCUT2D eigenvalue weighted by Crippen LogP contribution is -2.30. The van der Waals surface area contributed by atoms with E-state index in [0.717, 1.165) is 6.20 Å². The van der Waals surface area contributed by atoms with Crippen LogP contribution >= 0.6 is 0 Å². The Hall–Kier alpha value is -0.710. The molecule has 0 atom stereocenters. The number of hydroxylamine groups is 2. The number of nitrogens with zero attached hydrogens (tertiary/aromatic N) is 1. The summed E-state index contributed by atoms with van der Waals surface area (Å²) in [6.07, 6.45) is -1.47. The summed E-state index contributed by atoms with van der Waals surface area (Å²) in [4.78, 5) is 4.06. The van der Waals surface area contributed by atoms with Gasteiger partial charge in [0.1, 0.15) is 6.61 Å². The molecule has 0 aromatic heterocycles. The number of rotatable bonds is 0. The van der Waals surface area contributed by atoms with Crippen LogP contribution in [0.15, 0.2) is 6.20 Å². The summed E-state index contributed by atoms with van der Waals surface area (Å²) in [5.74, 6) is 0. The van der Waals surface area contributed by atoms with E-state index in [1.165, 1.54) is 0 Å². The standard InChI is InChI=1S/C4H3F3NO/c5-4(6,7)8-2-1-3-9-8/h2H,3H2. The van der Waals surface area contributed by atoms with Gasteiger partial charge in [0.15, 0.2) is 0 Å². The van der Waals surface area contributed by atoms with Gasteiger partial charge in [0.25, 0.3) is 0 Å². The molecule has 0 saturated heterocycles. The minimum Gasteiger partial charge on any atom is -0.262 e. The van der Waals surface area contributed by atoms with E-state index in [-0.39, 0.29) is 11.7 Å². The van der Waals surface area contributed by atoms with Gasteiger partial charge in [-0.3, -0.25) is 4.84 Å². The van der Waals surface area contributed by atoms with Gasteiger partial charge in [0, 0.05) is 12.3 Å². The van der Waals surface area contributed by atoms with Crippen molar-refractivity contribution in [2.45, 2.75) is 6.30 Å². The molecule has 1 radical (unpaired) electrons. The molecule has 0 aromatic carbocycles. The van der Waals surface area contributed by atoms with Gasteiger partial charge < -0.3 is 0 Å². The van der Waals surface area contributed by atoms with Crippen LogP contribution in [0, 0.1) is 6.08 Å². The van der Waals surface area contributed by atoms with Gasteiger partial charge >= 0.3 is 6.30 Å². The third-order valence-electron chi connectivity index (χ3n) is 0.745. The quantitative estimate of drug-likeness (QED) is 0.464. The number of halogens is 3. The van der Waals surface area contributed by atoms with Crippen molar-refractivity contribution in [3.63, 3.8) is 0 Å². The van der Waals surface area contributed by atoms with E-state index in [1.54, 1.807) is 0 Å². The normalized spacial score (nSPS) is 19.2.